The summed E-state index contributed by atoms with van der Waals surface area (Å²) in [4.78, 5) is 0. The van der Waals surface area contributed by atoms with Gasteiger partial charge in [0, 0.05) is 18.8 Å². The van der Waals surface area contributed by atoms with E-state index in [-0.39, 0.29) is 5.82 Å². The lowest BCUT2D eigenvalue weighted by Crippen LogP contribution is -2.22. The smallest absolute Gasteiger partial charge is 0.137 e. The summed E-state index contributed by atoms with van der Waals surface area (Å²) in [6.07, 6.45) is 1.94. The van der Waals surface area contributed by atoms with Crippen LogP contribution in [0.25, 0.3) is 0 Å². The van der Waals surface area contributed by atoms with Gasteiger partial charge < -0.3 is 5.32 Å². The van der Waals surface area contributed by atoms with Gasteiger partial charge in [-0.3, -0.25) is 4.68 Å². The van der Waals surface area contributed by atoms with Gasteiger partial charge in [-0.15, -0.1) is 0 Å². The van der Waals surface area contributed by atoms with Gasteiger partial charge in [-0.05, 0) is 39.7 Å². The highest BCUT2D eigenvalue weighted by atomic mass is 79.9. The summed E-state index contributed by atoms with van der Waals surface area (Å²) < 4.78 is 15.5. The molecule has 0 aliphatic rings. The molecule has 2 rings (SSSR count). The third kappa shape index (κ3) is 4.14. The lowest BCUT2D eigenvalue weighted by Gasteiger charge is -2.06. The van der Waals surface area contributed by atoms with Crippen LogP contribution >= 0.6 is 15.9 Å². The Balaban J connectivity index is 2.01. The number of halogens is 2. The van der Waals surface area contributed by atoms with E-state index in [0.29, 0.717) is 17.1 Å². The van der Waals surface area contributed by atoms with E-state index >= 15 is 0 Å². The first-order valence-electron chi connectivity index (χ1n) is 6.24. The molecule has 2 aromatic rings. The summed E-state index contributed by atoms with van der Waals surface area (Å²) in [7, 11) is 0. The molecular weight excluding hydrogens is 309 g/mol. The van der Waals surface area contributed by atoms with Crippen LogP contribution in [-0.2, 0) is 13.1 Å². The quantitative estimate of drug-likeness (QED) is 0.913. The number of benzene rings is 1. The zero-order valence-electron chi connectivity index (χ0n) is 11.0. The fourth-order valence-electron chi connectivity index (χ4n) is 1.72. The predicted molar refractivity (Wildman–Crippen MR) is 77.4 cm³/mol. The van der Waals surface area contributed by atoms with Gasteiger partial charge in [-0.1, -0.05) is 19.9 Å². The molecule has 0 fully saturated rings. The highest BCUT2D eigenvalue weighted by Gasteiger charge is 2.03. The average molecular weight is 326 g/mol. The lowest BCUT2D eigenvalue weighted by atomic mass is 10.2. The van der Waals surface area contributed by atoms with Crippen molar-refractivity contribution in [3.05, 3.63) is 52.0 Å². The maximum atomic E-state index is 13.1. The second-order valence-electron chi connectivity index (χ2n) is 4.79. The number of rotatable bonds is 5. The topological polar surface area (TPSA) is 29.9 Å². The largest absolute Gasteiger partial charge is 0.309 e. The SMILES string of the molecule is CC(C)NCc1ccn(Cc2ccc(F)c(Br)c2)n1. The second kappa shape index (κ2) is 6.30. The normalized spacial score (nSPS) is 11.2. The van der Waals surface area contributed by atoms with Gasteiger partial charge in [-0.25, -0.2) is 4.39 Å². The monoisotopic (exact) mass is 325 g/mol. The van der Waals surface area contributed by atoms with Crippen molar-refractivity contribution in [3.63, 3.8) is 0 Å². The molecule has 1 heterocycles. The van der Waals surface area contributed by atoms with E-state index < -0.39 is 0 Å². The van der Waals surface area contributed by atoms with Crippen LogP contribution in [0.4, 0.5) is 4.39 Å². The molecule has 5 heteroatoms. The molecule has 0 radical (unpaired) electrons. The molecule has 1 aromatic carbocycles. The minimum atomic E-state index is -0.244. The average Bonchev–Trinajstić information content (AvgIpc) is 2.79. The second-order valence-corrected chi connectivity index (χ2v) is 5.64. The highest BCUT2D eigenvalue weighted by Crippen LogP contribution is 2.17. The van der Waals surface area contributed by atoms with Crippen LogP contribution in [0.2, 0.25) is 0 Å². The van der Waals surface area contributed by atoms with Gasteiger partial charge >= 0.3 is 0 Å². The van der Waals surface area contributed by atoms with Crippen LogP contribution in [0.1, 0.15) is 25.1 Å². The summed E-state index contributed by atoms with van der Waals surface area (Å²) >= 11 is 3.19. The van der Waals surface area contributed by atoms with Crippen molar-refractivity contribution in [1.29, 1.82) is 0 Å². The molecule has 0 atom stereocenters. The summed E-state index contributed by atoms with van der Waals surface area (Å²) in [6, 6.07) is 7.45. The van der Waals surface area contributed by atoms with Crippen LogP contribution in [-0.4, -0.2) is 15.8 Å². The van der Waals surface area contributed by atoms with Crippen molar-refractivity contribution in [3.8, 4) is 0 Å². The van der Waals surface area contributed by atoms with E-state index in [1.807, 2.05) is 16.9 Å². The van der Waals surface area contributed by atoms with Gasteiger partial charge in [0.2, 0.25) is 0 Å². The number of nitrogens with one attached hydrogen (secondary N) is 1. The maximum absolute atomic E-state index is 13.1. The summed E-state index contributed by atoms with van der Waals surface area (Å²) in [5.41, 5.74) is 2.02. The van der Waals surface area contributed by atoms with Gasteiger partial charge in [0.25, 0.3) is 0 Å². The van der Waals surface area contributed by atoms with Crippen molar-refractivity contribution >= 4 is 15.9 Å². The minimum absolute atomic E-state index is 0.244. The fourth-order valence-corrected chi connectivity index (χ4v) is 2.15. The Morgan fingerprint density at radius 2 is 2.16 bits per heavy atom. The Hall–Kier alpha value is -1.20. The van der Waals surface area contributed by atoms with Gasteiger partial charge in [0.15, 0.2) is 0 Å². The van der Waals surface area contributed by atoms with Crippen molar-refractivity contribution in [1.82, 2.24) is 15.1 Å². The molecule has 19 heavy (non-hydrogen) atoms. The molecule has 1 aromatic heterocycles. The predicted octanol–water partition coefficient (Wildman–Crippen LogP) is 3.33. The van der Waals surface area contributed by atoms with E-state index in [4.69, 9.17) is 0 Å². The van der Waals surface area contributed by atoms with Crippen LogP contribution < -0.4 is 5.32 Å². The van der Waals surface area contributed by atoms with Crippen LogP contribution in [0.3, 0.4) is 0 Å². The number of hydrogen-bond acceptors (Lipinski definition) is 2. The Morgan fingerprint density at radius 1 is 1.37 bits per heavy atom. The standard InChI is InChI=1S/C14H17BrFN3/c1-10(2)17-8-12-5-6-19(18-12)9-11-3-4-14(16)13(15)7-11/h3-7,10,17H,8-9H2,1-2H3. The molecule has 0 bridgehead atoms. The molecule has 0 spiro atoms. The lowest BCUT2D eigenvalue weighted by molar-refractivity contribution is 0.569. The Morgan fingerprint density at radius 3 is 2.84 bits per heavy atom. The van der Waals surface area contributed by atoms with Crippen molar-refractivity contribution in [2.45, 2.75) is 33.0 Å². The molecular formula is C14H17BrFN3. The van der Waals surface area contributed by atoms with E-state index in [9.17, 15) is 4.39 Å². The van der Waals surface area contributed by atoms with E-state index in [2.05, 4.69) is 40.2 Å². The highest BCUT2D eigenvalue weighted by molar-refractivity contribution is 9.10. The number of aromatic nitrogens is 2. The molecule has 0 saturated heterocycles. The third-order valence-electron chi connectivity index (χ3n) is 2.72. The van der Waals surface area contributed by atoms with Crippen molar-refractivity contribution in [2.75, 3.05) is 0 Å². The van der Waals surface area contributed by atoms with Gasteiger partial charge in [0.05, 0.1) is 16.7 Å². The van der Waals surface area contributed by atoms with Crippen molar-refractivity contribution in [2.24, 2.45) is 0 Å². The number of nitrogens with zero attached hydrogens (tertiary/aromatic N) is 2. The molecule has 102 valence electrons. The summed E-state index contributed by atoms with van der Waals surface area (Å²) in [5.74, 6) is -0.244. The first-order chi connectivity index (χ1) is 9.04. The molecule has 0 saturated carbocycles. The van der Waals surface area contributed by atoms with Crippen LogP contribution in [0.5, 0.6) is 0 Å². The van der Waals surface area contributed by atoms with E-state index in [1.54, 1.807) is 12.1 Å². The molecule has 3 nitrogen and oxygen atoms in total. The van der Waals surface area contributed by atoms with Crippen LogP contribution in [0, 0.1) is 5.82 Å². The zero-order valence-corrected chi connectivity index (χ0v) is 12.6. The number of hydrogen-bond donors (Lipinski definition) is 1. The fraction of sp³-hybridized carbons (Fsp3) is 0.357. The first kappa shape index (κ1) is 14.2. The Labute approximate surface area is 121 Å². The van der Waals surface area contributed by atoms with Crippen LogP contribution in [0.15, 0.2) is 34.9 Å². The molecule has 0 aliphatic carbocycles. The van der Waals surface area contributed by atoms with Gasteiger partial charge in [-0.2, -0.15) is 5.10 Å². The molecule has 1 N–H and O–H groups in total. The summed E-state index contributed by atoms with van der Waals surface area (Å²) in [6.45, 7) is 5.61. The molecule has 0 amide bonds. The first-order valence-corrected chi connectivity index (χ1v) is 7.03. The maximum Gasteiger partial charge on any atom is 0.137 e. The van der Waals surface area contributed by atoms with Crippen molar-refractivity contribution < 1.29 is 4.39 Å². The minimum Gasteiger partial charge on any atom is -0.309 e. The zero-order chi connectivity index (χ0) is 13.8. The van der Waals surface area contributed by atoms with Gasteiger partial charge in [0.1, 0.15) is 5.82 Å². The van der Waals surface area contributed by atoms with E-state index in [1.165, 1.54) is 6.07 Å². The molecule has 0 unspecified atom stereocenters. The molecule has 0 aliphatic heterocycles. The van der Waals surface area contributed by atoms with E-state index in [0.717, 1.165) is 17.8 Å². The summed E-state index contributed by atoms with van der Waals surface area (Å²) in [5, 5.41) is 7.80. The Bertz CT molecular complexity index is 551. The Kier molecular flexibility index (Phi) is 4.71. The third-order valence-corrected chi connectivity index (χ3v) is 3.32.